The molecule has 0 radical (unpaired) electrons. The molecule has 0 saturated carbocycles. The average molecular weight is 195 g/mol. The summed E-state index contributed by atoms with van der Waals surface area (Å²) in [5.74, 6) is 0. The Balaban J connectivity index is 1.94. The highest BCUT2D eigenvalue weighted by atomic mass is 16.3. The largest absolute Gasteiger partial charge is 0.395 e. The van der Waals surface area contributed by atoms with Crippen molar-refractivity contribution in [2.24, 2.45) is 0 Å². The molecule has 0 aliphatic carbocycles. The molecule has 0 amide bonds. The molecule has 1 aromatic rings. The number of nitrogens with one attached hydrogen (secondary N) is 1. The molecule has 2 rings (SSSR count). The zero-order valence-corrected chi connectivity index (χ0v) is 8.32. The number of aromatic amines is 1. The second-order valence-corrected chi connectivity index (χ2v) is 3.91. The maximum atomic E-state index is 9.22. The summed E-state index contributed by atoms with van der Waals surface area (Å²) in [6.45, 7) is 2.27. The summed E-state index contributed by atoms with van der Waals surface area (Å²) in [6, 6.07) is 0.346. The molecule has 1 aromatic heterocycles. The number of rotatable bonds is 3. The molecule has 14 heavy (non-hydrogen) atoms. The summed E-state index contributed by atoms with van der Waals surface area (Å²) in [7, 11) is 0. The van der Waals surface area contributed by atoms with E-state index in [1.165, 1.54) is 18.4 Å². The quantitative estimate of drug-likeness (QED) is 0.748. The lowest BCUT2D eigenvalue weighted by molar-refractivity contribution is 0.0841. The third kappa shape index (κ3) is 2.13. The predicted octanol–water partition coefficient (Wildman–Crippen LogP) is 0.756. The van der Waals surface area contributed by atoms with Crippen molar-refractivity contribution >= 4 is 0 Å². The monoisotopic (exact) mass is 195 g/mol. The van der Waals surface area contributed by atoms with Gasteiger partial charge in [0.1, 0.15) is 0 Å². The van der Waals surface area contributed by atoms with E-state index in [1.807, 2.05) is 12.4 Å². The number of likely N-dealkylation sites (tertiary alicyclic amines) is 1. The normalized spacial score (nSPS) is 23.9. The van der Waals surface area contributed by atoms with Gasteiger partial charge in [-0.1, -0.05) is 6.42 Å². The summed E-state index contributed by atoms with van der Waals surface area (Å²) in [6.07, 6.45) is 7.38. The van der Waals surface area contributed by atoms with Crippen LogP contribution in [-0.2, 0) is 6.54 Å². The van der Waals surface area contributed by atoms with Crippen LogP contribution in [0.25, 0.3) is 0 Å². The first kappa shape index (κ1) is 9.68. The van der Waals surface area contributed by atoms with E-state index in [1.54, 1.807) is 0 Å². The van der Waals surface area contributed by atoms with E-state index in [-0.39, 0.29) is 6.61 Å². The van der Waals surface area contributed by atoms with Crippen molar-refractivity contribution < 1.29 is 5.11 Å². The van der Waals surface area contributed by atoms with Gasteiger partial charge in [-0.15, -0.1) is 0 Å². The molecule has 78 valence electrons. The Hall–Kier alpha value is -0.870. The van der Waals surface area contributed by atoms with E-state index in [9.17, 15) is 5.11 Å². The molecule has 1 saturated heterocycles. The maximum absolute atomic E-state index is 9.22. The molecular weight excluding hydrogens is 178 g/mol. The number of hydrogen-bond acceptors (Lipinski definition) is 3. The lowest BCUT2D eigenvalue weighted by atomic mass is 10.0. The number of aliphatic hydroxyl groups is 1. The zero-order valence-electron chi connectivity index (χ0n) is 8.32. The molecule has 1 atom stereocenters. The number of nitrogens with zero attached hydrogens (tertiary/aromatic N) is 2. The Morgan fingerprint density at radius 2 is 2.50 bits per heavy atom. The number of piperidine rings is 1. The third-order valence-electron chi connectivity index (χ3n) is 2.90. The number of aliphatic hydroxyl groups excluding tert-OH is 1. The molecule has 2 heterocycles. The first-order chi connectivity index (χ1) is 6.90. The van der Waals surface area contributed by atoms with E-state index in [2.05, 4.69) is 15.1 Å². The van der Waals surface area contributed by atoms with Crippen LogP contribution in [0.2, 0.25) is 0 Å². The number of aromatic nitrogens is 2. The van der Waals surface area contributed by atoms with Crippen molar-refractivity contribution in [1.29, 1.82) is 0 Å². The fourth-order valence-corrected chi connectivity index (χ4v) is 2.07. The summed E-state index contributed by atoms with van der Waals surface area (Å²) in [5, 5.41) is 16.0. The molecule has 1 fully saturated rings. The van der Waals surface area contributed by atoms with Crippen molar-refractivity contribution in [2.75, 3.05) is 13.2 Å². The van der Waals surface area contributed by atoms with Crippen LogP contribution >= 0.6 is 0 Å². The molecule has 4 nitrogen and oxygen atoms in total. The summed E-state index contributed by atoms with van der Waals surface area (Å²) in [5.41, 5.74) is 1.20. The molecule has 1 unspecified atom stereocenters. The highest BCUT2D eigenvalue weighted by Gasteiger charge is 2.21. The summed E-state index contributed by atoms with van der Waals surface area (Å²) in [4.78, 5) is 2.34. The fraction of sp³-hybridized carbons (Fsp3) is 0.700. The van der Waals surface area contributed by atoms with Crippen LogP contribution in [-0.4, -0.2) is 39.4 Å². The van der Waals surface area contributed by atoms with Crippen LogP contribution in [0, 0.1) is 0 Å². The van der Waals surface area contributed by atoms with Gasteiger partial charge in [0, 0.05) is 24.3 Å². The van der Waals surface area contributed by atoms with Gasteiger partial charge in [-0.2, -0.15) is 5.10 Å². The number of hydrogen-bond donors (Lipinski definition) is 2. The topological polar surface area (TPSA) is 52.1 Å². The zero-order chi connectivity index (χ0) is 9.80. The van der Waals surface area contributed by atoms with Gasteiger partial charge in [0.15, 0.2) is 0 Å². The van der Waals surface area contributed by atoms with Crippen molar-refractivity contribution in [1.82, 2.24) is 15.1 Å². The summed E-state index contributed by atoms with van der Waals surface area (Å²) < 4.78 is 0. The van der Waals surface area contributed by atoms with Gasteiger partial charge in [-0.3, -0.25) is 10.00 Å². The second kappa shape index (κ2) is 4.57. The van der Waals surface area contributed by atoms with E-state index in [0.29, 0.717) is 6.04 Å². The Morgan fingerprint density at radius 1 is 1.57 bits per heavy atom. The molecule has 0 bridgehead atoms. The first-order valence-electron chi connectivity index (χ1n) is 5.22. The van der Waals surface area contributed by atoms with Crippen LogP contribution in [0.4, 0.5) is 0 Å². The number of H-pyrrole nitrogens is 1. The van der Waals surface area contributed by atoms with Crippen LogP contribution < -0.4 is 0 Å². The van der Waals surface area contributed by atoms with Gasteiger partial charge >= 0.3 is 0 Å². The third-order valence-corrected chi connectivity index (χ3v) is 2.90. The van der Waals surface area contributed by atoms with Crippen molar-refractivity contribution in [3.05, 3.63) is 18.0 Å². The van der Waals surface area contributed by atoms with Gasteiger partial charge in [-0.05, 0) is 19.4 Å². The lowest BCUT2D eigenvalue weighted by Crippen LogP contribution is -2.41. The molecule has 1 aliphatic heterocycles. The SMILES string of the molecule is OCC1CCCCN1Cc1cn[nH]c1. The van der Waals surface area contributed by atoms with E-state index >= 15 is 0 Å². The van der Waals surface area contributed by atoms with Gasteiger partial charge in [0.05, 0.1) is 12.8 Å². The Morgan fingerprint density at radius 3 is 3.21 bits per heavy atom. The lowest BCUT2D eigenvalue weighted by Gasteiger charge is -2.34. The highest BCUT2D eigenvalue weighted by Crippen LogP contribution is 2.18. The van der Waals surface area contributed by atoms with Crippen LogP contribution in [0.3, 0.4) is 0 Å². The van der Waals surface area contributed by atoms with Gasteiger partial charge in [0.25, 0.3) is 0 Å². The standard InChI is InChI=1S/C10H17N3O/c14-8-10-3-1-2-4-13(10)7-9-5-11-12-6-9/h5-6,10,14H,1-4,7-8H2,(H,11,12). The molecule has 1 aliphatic rings. The van der Waals surface area contributed by atoms with Crippen molar-refractivity contribution in [3.8, 4) is 0 Å². The molecular formula is C10H17N3O. The van der Waals surface area contributed by atoms with E-state index < -0.39 is 0 Å². The molecule has 2 N–H and O–H groups in total. The van der Waals surface area contributed by atoms with Crippen LogP contribution in [0.15, 0.2) is 12.4 Å². The van der Waals surface area contributed by atoms with Crippen LogP contribution in [0.1, 0.15) is 24.8 Å². The minimum Gasteiger partial charge on any atom is -0.395 e. The van der Waals surface area contributed by atoms with Gasteiger partial charge in [-0.25, -0.2) is 0 Å². The Bertz CT molecular complexity index is 260. The fourth-order valence-electron chi connectivity index (χ4n) is 2.07. The molecule has 0 aromatic carbocycles. The van der Waals surface area contributed by atoms with Gasteiger partial charge in [0.2, 0.25) is 0 Å². The second-order valence-electron chi connectivity index (χ2n) is 3.91. The van der Waals surface area contributed by atoms with Crippen LogP contribution in [0.5, 0.6) is 0 Å². The molecule has 4 heteroatoms. The van der Waals surface area contributed by atoms with Gasteiger partial charge < -0.3 is 5.11 Å². The minimum absolute atomic E-state index is 0.276. The summed E-state index contributed by atoms with van der Waals surface area (Å²) >= 11 is 0. The predicted molar refractivity (Wildman–Crippen MR) is 53.7 cm³/mol. The van der Waals surface area contributed by atoms with E-state index in [0.717, 1.165) is 19.5 Å². The van der Waals surface area contributed by atoms with Crippen molar-refractivity contribution in [2.45, 2.75) is 31.8 Å². The molecule has 0 spiro atoms. The van der Waals surface area contributed by atoms with E-state index in [4.69, 9.17) is 0 Å². The minimum atomic E-state index is 0.276. The Labute approximate surface area is 83.9 Å². The maximum Gasteiger partial charge on any atom is 0.0586 e. The van der Waals surface area contributed by atoms with Crippen molar-refractivity contribution in [3.63, 3.8) is 0 Å². The highest BCUT2D eigenvalue weighted by molar-refractivity contribution is 5.02. The Kier molecular flexibility index (Phi) is 3.16. The smallest absolute Gasteiger partial charge is 0.0586 e. The first-order valence-corrected chi connectivity index (χ1v) is 5.22. The average Bonchev–Trinajstić information content (AvgIpc) is 2.71.